The molecule has 0 spiro atoms. The predicted molar refractivity (Wildman–Crippen MR) is 149 cm³/mol. The maximum absolute atomic E-state index is 13.6. The number of thioether (sulfide) groups is 1. The Morgan fingerprint density at radius 1 is 0.919 bits per heavy atom. The summed E-state index contributed by atoms with van der Waals surface area (Å²) in [6, 6.07) is 23.2. The summed E-state index contributed by atoms with van der Waals surface area (Å²) in [4.78, 5) is 41.7. The van der Waals surface area contributed by atoms with E-state index in [2.05, 4.69) is 12.2 Å². The van der Waals surface area contributed by atoms with Gasteiger partial charge >= 0.3 is 0 Å². The van der Waals surface area contributed by atoms with Gasteiger partial charge in [0.2, 0.25) is 17.7 Å². The zero-order valence-corrected chi connectivity index (χ0v) is 21.8. The number of rotatable bonds is 7. The number of allylic oxidation sites excluding steroid dienone is 2. The third kappa shape index (κ3) is 4.98. The number of benzene rings is 3. The Kier molecular flexibility index (Phi) is 7.28. The van der Waals surface area contributed by atoms with Crippen molar-refractivity contribution in [3.63, 3.8) is 0 Å². The van der Waals surface area contributed by atoms with Crippen molar-refractivity contribution in [3.8, 4) is 0 Å². The molecule has 188 valence electrons. The maximum Gasteiger partial charge on any atom is 0.242 e. The van der Waals surface area contributed by atoms with E-state index in [4.69, 9.17) is 0 Å². The summed E-state index contributed by atoms with van der Waals surface area (Å²) in [5.74, 6) is -0.845. The van der Waals surface area contributed by atoms with Crippen molar-refractivity contribution in [2.75, 3.05) is 10.2 Å². The fraction of sp³-hybridized carbons (Fsp3) is 0.258. The summed E-state index contributed by atoms with van der Waals surface area (Å²) >= 11 is 1.45. The van der Waals surface area contributed by atoms with Crippen molar-refractivity contribution < 1.29 is 14.4 Å². The fourth-order valence-corrected chi connectivity index (χ4v) is 6.18. The van der Waals surface area contributed by atoms with E-state index in [0.717, 1.165) is 33.7 Å². The number of imide groups is 1. The number of hydrogen-bond acceptors (Lipinski definition) is 4. The van der Waals surface area contributed by atoms with E-state index < -0.39 is 5.25 Å². The normalized spacial score (nSPS) is 19.6. The Morgan fingerprint density at radius 3 is 2.19 bits per heavy atom. The quantitative estimate of drug-likeness (QED) is 0.224. The lowest BCUT2D eigenvalue weighted by Crippen LogP contribution is -2.30. The first-order valence-corrected chi connectivity index (χ1v) is 13.6. The average molecular weight is 511 g/mol. The van der Waals surface area contributed by atoms with Crippen molar-refractivity contribution in [1.29, 1.82) is 0 Å². The lowest BCUT2D eigenvalue weighted by molar-refractivity contribution is -0.122. The first kappa shape index (κ1) is 25.0. The second-order valence-corrected chi connectivity index (χ2v) is 10.7. The van der Waals surface area contributed by atoms with Crippen molar-refractivity contribution in [3.05, 3.63) is 102 Å². The molecule has 0 radical (unpaired) electrons. The largest absolute Gasteiger partial charge is 0.324 e. The molecule has 1 aliphatic carbocycles. The molecule has 3 aromatic rings. The Labute approximate surface area is 222 Å². The molecule has 5 nitrogen and oxygen atoms in total. The van der Waals surface area contributed by atoms with Gasteiger partial charge in [0.15, 0.2) is 0 Å². The van der Waals surface area contributed by atoms with Crippen molar-refractivity contribution in [2.24, 2.45) is 11.8 Å². The van der Waals surface area contributed by atoms with Crippen LogP contribution >= 0.6 is 11.8 Å². The highest BCUT2D eigenvalue weighted by Crippen LogP contribution is 2.40. The van der Waals surface area contributed by atoms with Crippen LogP contribution in [0, 0.1) is 18.8 Å². The summed E-state index contributed by atoms with van der Waals surface area (Å²) in [5.41, 5.74) is 4.49. The lowest BCUT2D eigenvalue weighted by Gasteiger charge is -2.20. The molecule has 3 atom stereocenters. The van der Waals surface area contributed by atoms with Crippen LogP contribution in [-0.4, -0.2) is 17.7 Å². The highest BCUT2D eigenvalue weighted by Gasteiger charge is 2.47. The Balaban J connectivity index is 1.38. The predicted octanol–water partition coefficient (Wildman–Crippen LogP) is 6.49. The maximum atomic E-state index is 13.6. The van der Waals surface area contributed by atoms with Crippen LogP contribution in [0.3, 0.4) is 0 Å². The standard InChI is InChI=1S/C31H30N2O3S/c1-3-21-13-9-10-20(2)27(21)32-29(34)28(22-11-5-4-6-12-22)37-24-18-16-23(17-19-24)33-30(35)25-14-7-8-15-26(25)31(33)36/h4-13,16-19,25-26,28H,3,14-15H2,1-2H3,(H,32,34)/t25-,26+,28-/m1/s1. The Hall–Kier alpha value is -3.64. The summed E-state index contributed by atoms with van der Waals surface area (Å²) in [5, 5.41) is 2.71. The van der Waals surface area contributed by atoms with E-state index in [1.54, 1.807) is 12.1 Å². The molecule has 2 aliphatic rings. The van der Waals surface area contributed by atoms with Gasteiger partial charge in [0.25, 0.3) is 0 Å². The van der Waals surface area contributed by atoms with Crippen LogP contribution in [0.2, 0.25) is 0 Å². The highest BCUT2D eigenvalue weighted by molar-refractivity contribution is 8.00. The topological polar surface area (TPSA) is 66.5 Å². The van der Waals surface area contributed by atoms with E-state index in [1.807, 2.05) is 79.7 Å². The zero-order chi connectivity index (χ0) is 25.9. The molecular formula is C31H30N2O3S. The van der Waals surface area contributed by atoms with Crippen LogP contribution < -0.4 is 10.2 Å². The molecule has 0 saturated carbocycles. The summed E-state index contributed by atoms with van der Waals surface area (Å²) in [7, 11) is 0. The minimum Gasteiger partial charge on any atom is -0.324 e. The first-order chi connectivity index (χ1) is 18.0. The molecule has 3 amide bonds. The van der Waals surface area contributed by atoms with Crippen LogP contribution in [0.15, 0.2) is 89.8 Å². The van der Waals surface area contributed by atoms with Gasteiger partial charge in [0.1, 0.15) is 5.25 Å². The van der Waals surface area contributed by atoms with Crippen LogP contribution in [0.4, 0.5) is 11.4 Å². The third-order valence-electron chi connectivity index (χ3n) is 7.19. The van der Waals surface area contributed by atoms with Crippen molar-refractivity contribution in [1.82, 2.24) is 0 Å². The number of hydrogen-bond donors (Lipinski definition) is 1. The van der Waals surface area contributed by atoms with Crippen LogP contribution in [-0.2, 0) is 20.8 Å². The zero-order valence-electron chi connectivity index (χ0n) is 21.0. The number of para-hydroxylation sites is 1. The van der Waals surface area contributed by atoms with Gasteiger partial charge in [-0.15, -0.1) is 11.8 Å². The second kappa shape index (κ2) is 10.8. The number of nitrogens with zero attached hydrogens (tertiary/aromatic N) is 1. The van der Waals surface area contributed by atoms with Gasteiger partial charge in [0, 0.05) is 10.6 Å². The summed E-state index contributed by atoms with van der Waals surface area (Å²) in [6.45, 7) is 4.09. The van der Waals surface area contributed by atoms with Crippen molar-refractivity contribution >= 4 is 40.9 Å². The Bertz CT molecular complexity index is 1320. The van der Waals surface area contributed by atoms with Gasteiger partial charge in [-0.1, -0.05) is 67.6 Å². The highest BCUT2D eigenvalue weighted by atomic mass is 32.2. The van der Waals surface area contributed by atoms with E-state index in [0.29, 0.717) is 18.5 Å². The molecule has 37 heavy (non-hydrogen) atoms. The molecule has 0 unspecified atom stereocenters. The molecule has 0 bridgehead atoms. The number of fused-ring (bicyclic) bond motifs is 1. The van der Waals surface area contributed by atoms with E-state index in [-0.39, 0.29) is 29.6 Å². The minimum atomic E-state index is -0.472. The molecule has 1 N–H and O–H groups in total. The van der Waals surface area contributed by atoms with E-state index >= 15 is 0 Å². The molecule has 0 aromatic heterocycles. The van der Waals surface area contributed by atoms with Crippen LogP contribution in [0.25, 0.3) is 0 Å². The van der Waals surface area contributed by atoms with Crippen molar-refractivity contribution in [2.45, 2.75) is 43.3 Å². The van der Waals surface area contributed by atoms with Crippen LogP contribution in [0.1, 0.15) is 41.7 Å². The third-order valence-corrected chi connectivity index (χ3v) is 8.45. The van der Waals surface area contributed by atoms with Crippen LogP contribution in [0.5, 0.6) is 0 Å². The Morgan fingerprint density at radius 2 is 1.57 bits per heavy atom. The molecule has 3 aromatic carbocycles. The summed E-state index contributed by atoms with van der Waals surface area (Å²) < 4.78 is 0. The van der Waals surface area contributed by atoms with Gasteiger partial charge in [-0.2, -0.15) is 0 Å². The number of carbonyl (C=O) groups is 3. The van der Waals surface area contributed by atoms with Gasteiger partial charge in [0.05, 0.1) is 17.5 Å². The van der Waals surface area contributed by atoms with Gasteiger partial charge in [-0.3, -0.25) is 19.3 Å². The van der Waals surface area contributed by atoms with Gasteiger partial charge < -0.3 is 5.32 Å². The number of nitrogens with one attached hydrogen (secondary N) is 1. The number of carbonyl (C=O) groups excluding carboxylic acids is 3. The second-order valence-electron chi connectivity index (χ2n) is 9.52. The number of aryl methyl sites for hydroxylation is 2. The molecule has 1 saturated heterocycles. The first-order valence-electron chi connectivity index (χ1n) is 12.7. The average Bonchev–Trinajstić information content (AvgIpc) is 3.19. The molecule has 6 heteroatoms. The molecule has 1 fully saturated rings. The smallest absolute Gasteiger partial charge is 0.242 e. The number of amides is 3. The van der Waals surface area contributed by atoms with E-state index in [9.17, 15) is 14.4 Å². The monoisotopic (exact) mass is 510 g/mol. The SMILES string of the molecule is CCc1cccc(C)c1NC(=O)[C@H](Sc1ccc(N2C(=O)[C@H]3CC=CC[C@H]3C2=O)cc1)c1ccccc1. The minimum absolute atomic E-state index is 0.0919. The molecule has 5 rings (SSSR count). The molecule has 1 heterocycles. The molecule has 1 aliphatic heterocycles. The lowest BCUT2D eigenvalue weighted by atomic mass is 9.85. The van der Waals surface area contributed by atoms with E-state index in [1.165, 1.54) is 16.7 Å². The number of anilines is 2. The fourth-order valence-electron chi connectivity index (χ4n) is 5.16. The summed E-state index contributed by atoms with van der Waals surface area (Å²) in [6.07, 6.45) is 6.05. The van der Waals surface area contributed by atoms with Gasteiger partial charge in [-0.25, -0.2) is 0 Å². The van der Waals surface area contributed by atoms with Gasteiger partial charge in [-0.05, 0) is 67.1 Å². The molecular weight excluding hydrogens is 480 g/mol.